The van der Waals surface area contributed by atoms with E-state index in [1.807, 2.05) is 36.4 Å². The maximum Gasteiger partial charge on any atom is 0.161 e. The van der Waals surface area contributed by atoms with Crippen LogP contribution in [-0.4, -0.2) is 36.3 Å². The number of aliphatic hydroxyl groups excluding tert-OH is 1. The number of ether oxygens (including phenoxy) is 2. The number of nitrogens with zero attached hydrogens (tertiary/aromatic N) is 1. The van der Waals surface area contributed by atoms with Gasteiger partial charge in [-0.05, 0) is 54.5 Å². The molecule has 0 bridgehead atoms. The number of hydrogen-bond acceptors (Lipinski definition) is 4. The Morgan fingerprint density at radius 1 is 0.943 bits per heavy atom. The zero-order valence-electron chi connectivity index (χ0n) is 20.9. The molecule has 2 fully saturated rings. The average Bonchev–Trinajstić information content (AvgIpc) is 3.52. The molecule has 0 spiro atoms. The summed E-state index contributed by atoms with van der Waals surface area (Å²) >= 11 is 0. The lowest BCUT2D eigenvalue weighted by Crippen LogP contribution is -2.33. The molecule has 0 unspecified atom stereocenters. The molecule has 5 rings (SSSR count). The standard InChI is InChI=1S/C31H37NO3/c1-31(30(33)24-13-7-4-8-14-24)22-32(20-23-11-5-3-6-12-23)21-27(31)25-17-18-28(34-2)29(19-25)35-26-15-9-10-16-26/h3-8,11-14,17-19,26-27,30,33H,9-10,15-16,20-22H2,1-2H3/t27-,30-,31+/m0/s1. The van der Waals surface area contributed by atoms with Crippen LogP contribution in [0.25, 0.3) is 0 Å². The van der Waals surface area contributed by atoms with Crippen molar-refractivity contribution in [3.63, 3.8) is 0 Å². The lowest BCUT2D eigenvalue weighted by Gasteiger charge is -2.36. The highest BCUT2D eigenvalue weighted by Crippen LogP contribution is 2.52. The Kier molecular flexibility index (Phi) is 7.12. The highest BCUT2D eigenvalue weighted by Gasteiger charge is 2.49. The van der Waals surface area contributed by atoms with Crippen molar-refractivity contribution in [2.24, 2.45) is 5.41 Å². The third-order valence-electron chi connectivity index (χ3n) is 7.98. The minimum absolute atomic E-state index is 0.151. The fourth-order valence-electron chi connectivity index (χ4n) is 6.05. The maximum absolute atomic E-state index is 11.7. The van der Waals surface area contributed by atoms with Gasteiger partial charge in [-0.25, -0.2) is 0 Å². The third-order valence-corrected chi connectivity index (χ3v) is 7.98. The van der Waals surface area contributed by atoms with E-state index >= 15 is 0 Å². The van der Waals surface area contributed by atoms with Gasteiger partial charge in [0.1, 0.15) is 0 Å². The van der Waals surface area contributed by atoms with Crippen molar-refractivity contribution in [3.05, 3.63) is 95.6 Å². The molecule has 1 aliphatic heterocycles. The van der Waals surface area contributed by atoms with Crippen molar-refractivity contribution in [2.45, 2.75) is 57.3 Å². The maximum atomic E-state index is 11.7. The topological polar surface area (TPSA) is 41.9 Å². The Bertz CT molecular complexity index is 1100. The van der Waals surface area contributed by atoms with Gasteiger partial charge in [-0.2, -0.15) is 0 Å². The van der Waals surface area contributed by atoms with Crippen LogP contribution in [0.4, 0.5) is 0 Å². The number of methoxy groups -OCH3 is 1. The smallest absolute Gasteiger partial charge is 0.161 e. The molecule has 1 aliphatic carbocycles. The molecule has 0 amide bonds. The largest absolute Gasteiger partial charge is 0.493 e. The molecule has 0 radical (unpaired) electrons. The summed E-state index contributed by atoms with van der Waals surface area (Å²) in [5.74, 6) is 1.76. The summed E-state index contributed by atoms with van der Waals surface area (Å²) in [4.78, 5) is 2.48. The first-order valence-electron chi connectivity index (χ1n) is 12.9. The van der Waals surface area contributed by atoms with Gasteiger partial charge in [0, 0.05) is 31.0 Å². The zero-order valence-corrected chi connectivity index (χ0v) is 20.9. The van der Waals surface area contributed by atoms with E-state index < -0.39 is 6.10 Å². The van der Waals surface area contributed by atoms with E-state index in [2.05, 4.69) is 54.3 Å². The van der Waals surface area contributed by atoms with Crippen LogP contribution in [0.1, 0.15) is 61.3 Å². The monoisotopic (exact) mass is 471 g/mol. The molecule has 3 atom stereocenters. The van der Waals surface area contributed by atoms with Crippen LogP contribution in [0.3, 0.4) is 0 Å². The number of benzene rings is 3. The summed E-state index contributed by atoms with van der Waals surface area (Å²) < 4.78 is 12.1. The molecular weight excluding hydrogens is 434 g/mol. The summed E-state index contributed by atoms with van der Waals surface area (Å²) in [6, 6.07) is 27.1. The van der Waals surface area contributed by atoms with E-state index in [0.717, 1.165) is 49.5 Å². The second-order valence-corrected chi connectivity index (χ2v) is 10.5. The van der Waals surface area contributed by atoms with Gasteiger partial charge in [-0.15, -0.1) is 0 Å². The first-order valence-corrected chi connectivity index (χ1v) is 12.9. The van der Waals surface area contributed by atoms with Crippen LogP contribution < -0.4 is 9.47 Å². The summed E-state index contributed by atoms with van der Waals surface area (Å²) in [6.45, 7) is 4.80. The molecule has 3 aromatic carbocycles. The summed E-state index contributed by atoms with van der Waals surface area (Å²) in [5, 5.41) is 11.7. The van der Waals surface area contributed by atoms with Gasteiger partial charge in [0.05, 0.1) is 19.3 Å². The van der Waals surface area contributed by atoms with Gasteiger partial charge < -0.3 is 14.6 Å². The lowest BCUT2D eigenvalue weighted by atomic mass is 9.70. The normalized spacial score (nSPS) is 23.9. The van der Waals surface area contributed by atoms with E-state index in [1.165, 1.54) is 24.0 Å². The lowest BCUT2D eigenvalue weighted by molar-refractivity contribution is 0.0312. The first-order chi connectivity index (χ1) is 17.1. The van der Waals surface area contributed by atoms with Gasteiger partial charge in [0.2, 0.25) is 0 Å². The van der Waals surface area contributed by atoms with Gasteiger partial charge in [0.25, 0.3) is 0 Å². The molecular formula is C31H37NO3. The fraction of sp³-hybridized carbons (Fsp3) is 0.419. The van der Waals surface area contributed by atoms with Crippen LogP contribution in [0.2, 0.25) is 0 Å². The van der Waals surface area contributed by atoms with Crippen LogP contribution in [0.15, 0.2) is 78.9 Å². The van der Waals surface area contributed by atoms with Crippen LogP contribution in [0, 0.1) is 5.41 Å². The van der Waals surface area contributed by atoms with Gasteiger partial charge in [0.15, 0.2) is 11.5 Å². The quantitative estimate of drug-likeness (QED) is 0.415. The summed E-state index contributed by atoms with van der Waals surface area (Å²) in [7, 11) is 1.71. The molecule has 1 saturated heterocycles. The zero-order chi connectivity index (χ0) is 24.3. The van der Waals surface area contributed by atoms with E-state index in [1.54, 1.807) is 7.11 Å². The molecule has 1 N–H and O–H groups in total. The van der Waals surface area contributed by atoms with Crippen molar-refractivity contribution in [1.29, 1.82) is 0 Å². The third kappa shape index (κ3) is 5.10. The SMILES string of the molecule is COc1ccc([C@@H]2CN(Cc3ccccc3)C[C@@]2(C)[C@@H](O)c2ccccc2)cc1OC1CCCC1. The Hall–Kier alpha value is -2.82. The minimum atomic E-state index is -0.573. The summed E-state index contributed by atoms with van der Waals surface area (Å²) in [6.07, 6.45) is 4.35. The Balaban J connectivity index is 1.48. The van der Waals surface area contributed by atoms with Gasteiger partial charge in [-0.1, -0.05) is 73.7 Å². The molecule has 35 heavy (non-hydrogen) atoms. The van der Waals surface area contributed by atoms with Crippen molar-refractivity contribution in [2.75, 3.05) is 20.2 Å². The number of rotatable bonds is 8. The fourth-order valence-corrected chi connectivity index (χ4v) is 6.05. The van der Waals surface area contributed by atoms with Crippen molar-refractivity contribution in [3.8, 4) is 11.5 Å². The van der Waals surface area contributed by atoms with E-state index in [9.17, 15) is 5.11 Å². The molecule has 4 heteroatoms. The highest BCUT2D eigenvalue weighted by atomic mass is 16.5. The predicted octanol–water partition coefficient (Wildman–Crippen LogP) is 6.36. The molecule has 1 saturated carbocycles. The summed E-state index contributed by atoms with van der Waals surface area (Å²) in [5.41, 5.74) is 3.11. The predicted molar refractivity (Wildman–Crippen MR) is 140 cm³/mol. The number of likely N-dealkylation sites (tertiary alicyclic amines) is 1. The van der Waals surface area contributed by atoms with Gasteiger partial charge >= 0.3 is 0 Å². The second kappa shape index (κ2) is 10.4. The molecule has 0 aromatic heterocycles. The van der Waals surface area contributed by atoms with Gasteiger partial charge in [-0.3, -0.25) is 4.90 Å². The second-order valence-electron chi connectivity index (χ2n) is 10.5. The Morgan fingerprint density at radius 2 is 1.63 bits per heavy atom. The van der Waals surface area contributed by atoms with Crippen LogP contribution >= 0.6 is 0 Å². The van der Waals surface area contributed by atoms with E-state index in [0.29, 0.717) is 0 Å². The van der Waals surface area contributed by atoms with E-state index in [4.69, 9.17) is 9.47 Å². The van der Waals surface area contributed by atoms with Crippen LogP contribution in [0.5, 0.6) is 11.5 Å². The first kappa shape index (κ1) is 23.9. The Labute approximate surface area is 209 Å². The number of aliphatic hydroxyl groups is 1. The molecule has 184 valence electrons. The van der Waals surface area contributed by atoms with Crippen molar-refractivity contribution < 1.29 is 14.6 Å². The van der Waals surface area contributed by atoms with E-state index in [-0.39, 0.29) is 17.4 Å². The van der Waals surface area contributed by atoms with Crippen molar-refractivity contribution >= 4 is 0 Å². The van der Waals surface area contributed by atoms with Crippen LogP contribution in [-0.2, 0) is 6.54 Å². The number of hydrogen-bond donors (Lipinski definition) is 1. The average molecular weight is 472 g/mol. The van der Waals surface area contributed by atoms with Crippen molar-refractivity contribution in [1.82, 2.24) is 4.90 Å². The minimum Gasteiger partial charge on any atom is -0.493 e. The Morgan fingerprint density at radius 3 is 2.31 bits per heavy atom. The molecule has 2 aliphatic rings. The molecule has 4 nitrogen and oxygen atoms in total. The molecule has 3 aromatic rings. The highest BCUT2D eigenvalue weighted by molar-refractivity contribution is 5.45. The molecule has 1 heterocycles.